The van der Waals surface area contributed by atoms with Crippen LogP contribution in [0.15, 0.2) is 41.8 Å². The molecule has 0 atom stereocenters. The molecule has 2 aromatic rings. The summed E-state index contributed by atoms with van der Waals surface area (Å²) in [5.74, 6) is 0.0176. The molecule has 1 amide bonds. The van der Waals surface area contributed by atoms with Crippen LogP contribution in [0.4, 0.5) is 11.4 Å². The van der Waals surface area contributed by atoms with Gasteiger partial charge in [-0.1, -0.05) is 6.07 Å². The number of nitrogens with one attached hydrogen (secondary N) is 2. The van der Waals surface area contributed by atoms with Crippen molar-refractivity contribution >= 4 is 28.6 Å². The van der Waals surface area contributed by atoms with Gasteiger partial charge < -0.3 is 10.6 Å². The summed E-state index contributed by atoms with van der Waals surface area (Å²) in [6.07, 6.45) is 0.430. The van der Waals surface area contributed by atoms with Crippen LogP contribution in [-0.2, 0) is 11.2 Å². The van der Waals surface area contributed by atoms with Crippen molar-refractivity contribution in [3.63, 3.8) is 0 Å². The quantitative estimate of drug-likeness (QED) is 0.887. The van der Waals surface area contributed by atoms with Crippen molar-refractivity contribution in [3.05, 3.63) is 46.7 Å². The average Bonchev–Trinajstić information content (AvgIpc) is 2.82. The third-order valence-electron chi connectivity index (χ3n) is 2.60. The van der Waals surface area contributed by atoms with Crippen molar-refractivity contribution < 1.29 is 4.79 Å². The minimum Gasteiger partial charge on any atom is -0.380 e. The number of rotatable bonds is 4. The highest BCUT2D eigenvalue weighted by atomic mass is 32.1. The molecule has 0 saturated heterocycles. The fourth-order valence-corrected chi connectivity index (χ4v) is 2.55. The first-order chi connectivity index (χ1) is 9.42. The Morgan fingerprint density at radius 3 is 2.30 bits per heavy atom. The zero-order valence-corrected chi connectivity index (χ0v) is 12.9. The van der Waals surface area contributed by atoms with Gasteiger partial charge in [0.15, 0.2) is 0 Å². The van der Waals surface area contributed by atoms with Crippen molar-refractivity contribution in [3.8, 4) is 0 Å². The maximum Gasteiger partial charge on any atom is 0.229 e. The van der Waals surface area contributed by atoms with Crippen LogP contribution in [0.2, 0.25) is 0 Å². The number of thiophene rings is 1. The van der Waals surface area contributed by atoms with Crippen LogP contribution in [0.3, 0.4) is 0 Å². The lowest BCUT2D eigenvalue weighted by atomic mass is 10.1. The SMILES string of the molecule is CC(C)(C)Nc1ccc(NC(=O)Cc2cccs2)cc1. The monoisotopic (exact) mass is 288 g/mol. The van der Waals surface area contributed by atoms with Gasteiger partial charge in [0.05, 0.1) is 6.42 Å². The van der Waals surface area contributed by atoms with Crippen molar-refractivity contribution in [1.82, 2.24) is 0 Å². The molecule has 0 spiro atoms. The molecule has 1 aromatic heterocycles. The summed E-state index contributed by atoms with van der Waals surface area (Å²) in [5, 5.41) is 8.28. The van der Waals surface area contributed by atoms with E-state index in [4.69, 9.17) is 0 Å². The number of carbonyl (C=O) groups is 1. The number of carbonyl (C=O) groups excluding carboxylic acids is 1. The summed E-state index contributed by atoms with van der Waals surface area (Å²) in [6.45, 7) is 6.34. The predicted octanol–water partition coefficient (Wildman–Crippen LogP) is 4.14. The van der Waals surface area contributed by atoms with Crippen molar-refractivity contribution in [1.29, 1.82) is 0 Å². The van der Waals surface area contributed by atoms with Gasteiger partial charge >= 0.3 is 0 Å². The highest BCUT2D eigenvalue weighted by Crippen LogP contribution is 2.18. The Morgan fingerprint density at radius 2 is 1.75 bits per heavy atom. The first-order valence-electron chi connectivity index (χ1n) is 6.63. The topological polar surface area (TPSA) is 41.1 Å². The van der Waals surface area contributed by atoms with Crippen molar-refractivity contribution in [2.45, 2.75) is 32.7 Å². The van der Waals surface area contributed by atoms with Gasteiger partial charge in [-0.05, 0) is 56.5 Å². The van der Waals surface area contributed by atoms with E-state index in [1.54, 1.807) is 11.3 Å². The van der Waals surface area contributed by atoms with Gasteiger partial charge in [-0.25, -0.2) is 0 Å². The molecule has 1 heterocycles. The highest BCUT2D eigenvalue weighted by Gasteiger charge is 2.09. The smallest absolute Gasteiger partial charge is 0.229 e. The number of anilines is 2. The number of hydrogen-bond acceptors (Lipinski definition) is 3. The molecule has 2 N–H and O–H groups in total. The summed E-state index contributed by atoms with van der Waals surface area (Å²) in [7, 11) is 0. The molecule has 0 aliphatic rings. The average molecular weight is 288 g/mol. The van der Waals surface area contributed by atoms with Gasteiger partial charge in [-0.2, -0.15) is 0 Å². The molecular formula is C16H20N2OS. The van der Waals surface area contributed by atoms with Crippen LogP contribution in [0, 0.1) is 0 Å². The zero-order valence-electron chi connectivity index (χ0n) is 12.1. The third-order valence-corrected chi connectivity index (χ3v) is 3.48. The standard InChI is InChI=1S/C16H20N2OS/c1-16(2,3)18-13-8-6-12(7-9-13)17-15(19)11-14-5-4-10-20-14/h4-10,18H,11H2,1-3H3,(H,17,19). The first-order valence-corrected chi connectivity index (χ1v) is 7.51. The lowest BCUT2D eigenvalue weighted by Gasteiger charge is -2.22. The van der Waals surface area contributed by atoms with Crippen LogP contribution in [-0.4, -0.2) is 11.4 Å². The molecule has 0 radical (unpaired) electrons. The van der Waals surface area contributed by atoms with E-state index in [0.29, 0.717) is 6.42 Å². The van der Waals surface area contributed by atoms with E-state index in [-0.39, 0.29) is 11.4 Å². The number of hydrogen-bond donors (Lipinski definition) is 2. The van der Waals surface area contributed by atoms with E-state index in [9.17, 15) is 4.79 Å². The van der Waals surface area contributed by atoms with E-state index in [2.05, 4.69) is 31.4 Å². The fraction of sp³-hybridized carbons (Fsp3) is 0.312. The minimum atomic E-state index is 0.0176. The Kier molecular flexibility index (Phi) is 4.45. The summed E-state index contributed by atoms with van der Waals surface area (Å²) in [6, 6.07) is 11.7. The van der Waals surface area contributed by atoms with Gasteiger partial charge in [0.1, 0.15) is 0 Å². The lowest BCUT2D eigenvalue weighted by molar-refractivity contribution is -0.115. The van der Waals surface area contributed by atoms with Crippen LogP contribution < -0.4 is 10.6 Å². The van der Waals surface area contributed by atoms with E-state index in [1.165, 1.54) is 0 Å². The first kappa shape index (κ1) is 14.6. The molecule has 0 bridgehead atoms. The van der Waals surface area contributed by atoms with Crippen LogP contribution in [0.25, 0.3) is 0 Å². The fourth-order valence-electron chi connectivity index (χ4n) is 1.85. The molecule has 20 heavy (non-hydrogen) atoms. The molecule has 4 heteroatoms. The molecule has 2 rings (SSSR count). The second-order valence-electron chi connectivity index (χ2n) is 5.76. The van der Waals surface area contributed by atoms with E-state index in [1.807, 2.05) is 41.8 Å². The predicted molar refractivity (Wildman–Crippen MR) is 86.5 cm³/mol. The van der Waals surface area contributed by atoms with Gasteiger partial charge in [0.25, 0.3) is 0 Å². The Morgan fingerprint density at radius 1 is 1.10 bits per heavy atom. The van der Waals surface area contributed by atoms with Crippen molar-refractivity contribution in [2.24, 2.45) is 0 Å². The summed E-state index contributed by atoms with van der Waals surface area (Å²) in [4.78, 5) is 13.0. The third kappa shape index (κ3) is 4.70. The van der Waals surface area contributed by atoms with Crippen LogP contribution in [0.5, 0.6) is 0 Å². The molecule has 0 fully saturated rings. The van der Waals surface area contributed by atoms with Crippen LogP contribution >= 0.6 is 11.3 Å². The number of amides is 1. The molecule has 106 valence electrons. The largest absolute Gasteiger partial charge is 0.380 e. The van der Waals surface area contributed by atoms with Gasteiger partial charge in [0, 0.05) is 21.8 Å². The second-order valence-corrected chi connectivity index (χ2v) is 6.79. The molecule has 0 saturated carbocycles. The second kappa shape index (κ2) is 6.09. The minimum absolute atomic E-state index is 0.0176. The van der Waals surface area contributed by atoms with E-state index < -0.39 is 0 Å². The highest BCUT2D eigenvalue weighted by molar-refractivity contribution is 7.10. The molecule has 0 unspecified atom stereocenters. The normalized spacial score (nSPS) is 11.2. The Balaban J connectivity index is 1.92. The van der Waals surface area contributed by atoms with E-state index >= 15 is 0 Å². The van der Waals surface area contributed by atoms with Gasteiger partial charge in [0.2, 0.25) is 5.91 Å². The van der Waals surface area contributed by atoms with Crippen molar-refractivity contribution in [2.75, 3.05) is 10.6 Å². The maximum absolute atomic E-state index is 11.9. The Labute approximate surface area is 124 Å². The Bertz CT molecular complexity index is 553. The van der Waals surface area contributed by atoms with Gasteiger partial charge in [-0.3, -0.25) is 4.79 Å². The molecule has 1 aromatic carbocycles. The van der Waals surface area contributed by atoms with E-state index in [0.717, 1.165) is 16.3 Å². The number of benzene rings is 1. The maximum atomic E-state index is 11.9. The Hall–Kier alpha value is -1.81. The zero-order chi connectivity index (χ0) is 14.6. The molecular weight excluding hydrogens is 268 g/mol. The summed E-state index contributed by atoms with van der Waals surface area (Å²) >= 11 is 1.60. The van der Waals surface area contributed by atoms with Crippen LogP contribution in [0.1, 0.15) is 25.6 Å². The molecule has 0 aliphatic carbocycles. The summed E-state index contributed by atoms with van der Waals surface area (Å²) in [5.41, 5.74) is 1.91. The van der Waals surface area contributed by atoms with Gasteiger partial charge in [-0.15, -0.1) is 11.3 Å². The lowest BCUT2D eigenvalue weighted by Crippen LogP contribution is -2.25. The molecule has 3 nitrogen and oxygen atoms in total. The molecule has 0 aliphatic heterocycles. The summed E-state index contributed by atoms with van der Waals surface area (Å²) < 4.78 is 0.